The number of Topliss-reactive ketones (excluding diaryl/α,β-unsaturated/α-hetero) is 1. The zero-order valence-electron chi connectivity index (χ0n) is 30.8. The summed E-state index contributed by atoms with van der Waals surface area (Å²) >= 11 is 0. The molecule has 0 radical (unpaired) electrons. The molecule has 21 atom stereocenters. The first-order valence-corrected chi connectivity index (χ1v) is 51.4. The van der Waals surface area contributed by atoms with Gasteiger partial charge in [-0.2, -0.15) is 0 Å². The molecular formula is C27H54O8P20. The highest BCUT2D eigenvalue weighted by atomic mass is 33.2. The van der Waals surface area contributed by atoms with Crippen molar-refractivity contribution in [2.24, 2.45) is 16.7 Å². The maximum absolute atomic E-state index is 15.3. The lowest BCUT2D eigenvalue weighted by atomic mass is 9.45. The van der Waals surface area contributed by atoms with Gasteiger partial charge in [0.2, 0.25) is 0 Å². The minimum atomic E-state index is -1.83. The Kier molecular flexibility index (Phi) is 20.2. The van der Waals surface area contributed by atoms with E-state index in [9.17, 15) is 15.0 Å². The van der Waals surface area contributed by atoms with Crippen molar-refractivity contribution in [3.05, 3.63) is 47.0 Å². The van der Waals surface area contributed by atoms with Crippen LogP contribution in [0.15, 0.2) is 41.5 Å². The van der Waals surface area contributed by atoms with Crippen LogP contribution in [0.4, 0.5) is 0 Å². The molecule has 1 saturated heterocycles. The van der Waals surface area contributed by atoms with Gasteiger partial charge in [0, 0.05) is 55.6 Å². The number of aliphatic hydroxyl groups is 2. The van der Waals surface area contributed by atoms with E-state index < -0.39 is 122 Å². The quantitative estimate of drug-likeness (QED) is 0.148. The highest BCUT2D eigenvalue weighted by Gasteiger charge is 2.74. The minimum absolute atomic E-state index is 0.00166. The van der Waals surface area contributed by atoms with Gasteiger partial charge in [0.05, 0.1) is 45.5 Å². The molecule has 0 aromatic heterocycles. The van der Waals surface area contributed by atoms with Crippen LogP contribution in [0.1, 0.15) is 57.3 Å². The van der Waals surface area contributed by atoms with Crippen molar-refractivity contribution in [2.75, 3.05) is 6.61 Å². The SMILES string of the molecule is CC1=C2C(=O)C[C@]3(C)C(OP(P(P)P)P(P)P)CC4OCC4(O)C3C(OC(=O)c3ccccc3)C(O)(CC1OP(P(P)P(P)P)P(P(P)P)P(P)P)C2(C)C. The molecule has 1 aromatic rings. The van der Waals surface area contributed by atoms with Crippen LogP contribution in [0.5, 0.6) is 0 Å². The molecular weight excluding hydrogens is 1070 g/mol. The van der Waals surface area contributed by atoms with Gasteiger partial charge < -0.3 is 28.7 Å². The molecule has 3 aliphatic carbocycles. The second kappa shape index (κ2) is 21.2. The summed E-state index contributed by atoms with van der Waals surface area (Å²) in [6.45, 7) is 3.80. The van der Waals surface area contributed by atoms with E-state index in [0.29, 0.717) is 17.6 Å². The van der Waals surface area contributed by atoms with Gasteiger partial charge in [0.25, 0.3) is 0 Å². The third-order valence-electron chi connectivity index (χ3n) is 11.2. The second-order valence-electron chi connectivity index (χ2n) is 14.8. The molecule has 310 valence electrons. The monoisotopic (exact) mass is 1130 g/mol. The van der Waals surface area contributed by atoms with Crippen LogP contribution in [0.2, 0.25) is 0 Å². The summed E-state index contributed by atoms with van der Waals surface area (Å²) in [5.74, 6) is -1.59. The van der Waals surface area contributed by atoms with Crippen LogP contribution in [-0.2, 0) is 23.3 Å². The Morgan fingerprint density at radius 1 is 0.836 bits per heavy atom. The minimum Gasteiger partial charge on any atom is -0.455 e. The number of esters is 1. The van der Waals surface area contributed by atoms with E-state index in [1.54, 1.807) is 24.3 Å². The smallest absolute Gasteiger partial charge is 0.338 e. The molecule has 3 fully saturated rings. The summed E-state index contributed by atoms with van der Waals surface area (Å²) < 4.78 is 27.4. The summed E-state index contributed by atoms with van der Waals surface area (Å²) in [7, 11) is 31.0. The molecule has 4 aliphatic rings. The van der Waals surface area contributed by atoms with Gasteiger partial charge in [-0.3, -0.25) is 4.79 Å². The number of benzene rings is 1. The number of rotatable bonds is 13. The Morgan fingerprint density at radius 3 is 1.91 bits per heavy atom. The van der Waals surface area contributed by atoms with Crippen LogP contribution < -0.4 is 0 Å². The Morgan fingerprint density at radius 2 is 1.42 bits per heavy atom. The van der Waals surface area contributed by atoms with Gasteiger partial charge >= 0.3 is 5.97 Å². The third-order valence-corrected chi connectivity index (χ3v) is 104. The summed E-state index contributed by atoms with van der Waals surface area (Å²) in [4.78, 5) is 29.6. The van der Waals surface area contributed by atoms with Gasteiger partial charge in [0.15, 0.2) is 5.78 Å². The molecule has 2 N–H and O–H groups in total. The molecule has 1 heterocycles. The average molecular weight is 1130 g/mol. The summed E-state index contributed by atoms with van der Waals surface area (Å²) in [6.07, 6.45) is -2.47. The summed E-state index contributed by atoms with van der Waals surface area (Å²) in [5, 5.41) is 26.7. The van der Waals surface area contributed by atoms with E-state index in [4.69, 9.17) is 18.5 Å². The fraction of sp³-hybridized carbons (Fsp3) is 0.630. The lowest BCUT2D eigenvalue weighted by molar-refractivity contribution is -0.345. The van der Waals surface area contributed by atoms with Crippen molar-refractivity contribution in [1.82, 2.24) is 0 Å². The third kappa shape index (κ3) is 10.6. The molecule has 1 aliphatic heterocycles. The van der Waals surface area contributed by atoms with Crippen molar-refractivity contribution in [3.8, 4) is 0 Å². The number of fused-ring (bicyclic) bond motifs is 5. The van der Waals surface area contributed by atoms with Crippen molar-refractivity contribution in [1.29, 1.82) is 0 Å². The summed E-state index contributed by atoms with van der Waals surface area (Å²) in [5.41, 5.74) is -3.83. The fourth-order valence-electron chi connectivity index (χ4n) is 8.53. The molecule has 20 unspecified atom stereocenters. The Hall–Kier alpha value is 6.50. The Bertz CT molecular complexity index is 1590. The largest absolute Gasteiger partial charge is 0.455 e. The molecule has 0 spiro atoms. The van der Waals surface area contributed by atoms with Crippen LogP contribution in [0.25, 0.3) is 0 Å². The molecule has 55 heavy (non-hydrogen) atoms. The zero-order chi connectivity index (χ0) is 41.2. The summed E-state index contributed by atoms with van der Waals surface area (Å²) in [6, 6.07) is 8.79. The highest BCUT2D eigenvalue weighted by Crippen LogP contribution is 3.17. The molecule has 2 bridgehead atoms. The number of hydrogen-bond donors (Lipinski definition) is 2. The number of ether oxygens (including phenoxy) is 2. The molecule has 5 rings (SSSR count). The van der Waals surface area contributed by atoms with Crippen molar-refractivity contribution in [2.45, 2.75) is 82.6 Å². The first-order chi connectivity index (χ1) is 25.4. The highest BCUT2D eigenvalue weighted by molar-refractivity contribution is 9.19. The number of carbonyl (C=O) groups excluding carboxylic acids is 2. The second-order valence-corrected chi connectivity index (χ2v) is 87.2. The maximum atomic E-state index is 15.3. The van der Waals surface area contributed by atoms with Crippen LogP contribution in [0, 0.1) is 16.7 Å². The van der Waals surface area contributed by atoms with Crippen molar-refractivity contribution >= 4 is 174 Å². The molecule has 2 saturated carbocycles. The first kappa shape index (κ1) is 52.5. The molecule has 8 nitrogen and oxygen atoms in total. The van der Waals surface area contributed by atoms with Crippen LogP contribution >= 0.6 is 162 Å². The number of hydrogen-bond acceptors (Lipinski definition) is 8. The fourth-order valence-corrected chi connectivity index (χ4v) is 137. The molecule has 1 aromatic carbocycles. The standard InChI is InChI=1S/C27H54O8P20/c1-14-17(34-48(54(46)51(40)41)55(52(42)43)53(44)45)12-27(31)22(33-23(29)15-8-6-5-7-9-15)21-25(4,11-16(28)20(14)24(27,2)3)18(10-19-26(21,30)13-32-19)35-47(49(36)37)50(38)39/h5-9,17-19,21-22,30-31H,10-13,36-46H2,1-4H3/t17?,18?,19?,21?,22?,25-,26?,27?,48?,54?/m1/s1. The first-order valence-electron chi connectivity index (χ1n) is 16.8. The Balaban J connectivity index is 1.76. The van der Waals surface area contributed by atoms with Gasteiger partial charge in [-0.1, -0.05) is 47.9 Å². The number of ketones is 1. The van der Waals surface area contributed by atoms with E-state index >= 15 is 4.79 Å². The average Bonchev–Trinajstić information content (AvgIpc) is 3.07. The van der Waals surface area contributed by atoms with Crippen molar-refractivity contribution < 1.29 is 38.3 Å². The van der Waals surface area contributed by atoms with E-state index in [2.05, 4.69) is 98.2 Å². The number of carbonyl (C=O) groups is 2. The predicted octanol–water partition coefficient (Wildman–Crippen LogP) is 13.9. The van der Waals surface area contributed by atoms with Crippen molar-refractivity contribution in [3.63, 3.8) is 0 Å². The van der Waals surface area contributed by atoms with E-state index in [0.717, 1.165) is 5.57 Å². The van der Waals surface area contributed by atoms with Gasteiger partial charge in [0.1, 0.15) is 17.3 Å². The zero-order valence-corrected chi connectivity index (χ0v) is 51.6. The van der Waals surface area contributed by atoms with Gasteiger partial charge in [-0.25, -0.2) is 4.79 Å². The Labute approximate surface area is 362 Å². The van der Waals surface area contributed by atoms with E-state index in [1.807, 2.05) is 33.8 Å². The lowest BCUT2D eigenvalue weighted by Gasteiger charge is -2.67. The maximum Gasteiger partial charge on any atom is 0.338 e. The predicted molar refractivity (Wildman–Crippen MR) is 291 cm³/mol. The van der Waals surface area contributed by atoms with E-state index in [1.165, 1.54) is 0 Å². The van der Waals surface area contributed by atoms with Crippen LogP contribution in [-0.4, -0.2) is 64.2 Å². The topological polar surface area (TPSA) is 112 Å². The van der Waals surface area contributed by atoms with Gasteiger partial charge in [-0.15, -0.1) is 89.3 Å². The van der Waals surface area contributed by atoms with Gasteiger partial charge in [-0.05, 0) is 59.6 Å². The molecule has 0 amide bonds. The normalized spacial score (nSPS) is 34.5. The van der Waals surface area contributed by atoms with Crippen LogP contribution in [0.3, 0.4) is 0 Å². The molecule has 28 heteroatoms. The lowest BCUT2D eigenvalue weighted by Crippen LogP contribution is -2.79. The van der Waals surface area contributed by atoms with E-state index in [-0.39, 0.29) is 25.2 Å².